The van der Waals surface area contributed by atoms with E-state index >= 15 is 0 Å². The zero-order chi connectivity index (χ0) is 21.8. The molecule has 154 valence electrons. The van der Waals surface area contributed by atoms with Crippen molar-refractivity contribution in [2.45, 2.75) is 6.54 Å². The van der Waals surface area contributed by atoms with E-state index in [1.807, 2.05) is 24.4 Å². The Bertz CT molecular complexity index is 1280. The van der Waals surface area contributed by atoms with Gasteiger partial charge in [0.15, 0.2) is 0 Å². The number of nitro benzene ring substituents is 1. The molecule has 0 fully saturated rings. The average molecular weight is 524 g/mol. The molecule has 0 bridgehead atoms. The van der Waals surface area contributed by atoms with E-state index in [1.165, 1.54) is 33.4 Å². The first-order valence-electron chi connectivity index (χ1n) is 9.41. The van der Waals surface area contributed by atoms with Gasteiger partial charge in [-0.1, -0.05) is 30.3 Å². The van der Waals surface area contributed by atoms with Gasteiger partial charge in [0.05, 0.1) is 11.1 Å². The molecule has 0 aliphatic heterocycles. The second-order valence-corrected chi connectivity index (χ2v) is 8.10. The zero-order valence-electron chi connectivity index (χ0n) is 16.2. The maximum Gasteiger partial charge on any atom is 0.271 e. The number of para-hydroxylation sites is 1. The summed E-state index contributed by atoms with van der Waals surface area (Å²) in [5, 5.41) is 15.8. The van der Waals surface area contributed by atoms with Gasteiger partial charge >= 0.3 is 0 Å². The van der Waals surface area contributed by atoms with Crippen molar-refractivity contribution in [1.29, 1.82) is 0 Å². The molecule has 0 saturated heterocycles. The monoisotopic (exact) mass is 524 g/mol. The van der Waals surface area contributed by atoms with Crippen molar-refractivity contribution in [3.63, 3.8) is 0 Å². The van der Waals surface area contributed by atoms with Gasteiger partial charge < -0.3 is 4.57 Å². The number of hydrazone groups is 1. The lowest BCUT2D eigenvalue weighted by Crippen LogP contribution is -2.17. The number of rotatable bonds is 6. The summed E-state index contributed by atoms with van der Waals surface area (Å²) in [5.41, 5.74) is 5.85. The summed E-state index contributed by atoms with van der Waals surface area (Å²) >= 11 is 2.29. The lowest BCUT2D eigenvalue weighted by Gasteiger charge is -2.05. The highest BCUT2D eigenvalue weighted by Gasteiger charge is 2.10. The number of non-ortho nitro benzene ring substituents is 1. The molecule has 7 nitrogen and oxygen atoms in total. The molecule has 0 unspecified atom stereocenters. The largest absolute Gasteiger partial charge is 0.342 e. The van der Waals surface area contributed by atoms with Gasteiger partial charge in [-0.2, -0.15) is 5.10 Å². The fourth-order valence-corrected chi connectivity index (χ4v) is 3.61. The summed E-state index contributed by atoms with van der Waals surface area (Å²) in [6.07, 6.45) is 3.61. The van der Waals surface area contributed by atoms with Crippen molar-refractivity contribution in [2.75, 3.05) is 0 Å². The quantitative estimate of drug-likeness (QED) is 0.167. The van der Waals surface area contributed by atoms with E-state index in [2.05, 4.69) is 68.0 Å². The van der Waals surface area contributed by atoms with Crippen molar-refractivity contribution >= 4 is 51.3 Å². The minimum atomic E-state index is -0.508. The molecule has 8 heteroatoms. The van der Waals surface area contributed by atoms with Crippen LogP contribution in [-0.2, 0) is 6.54 Å². The van der Waals surface area contributed by atoms with Crippen LogP contribution in [0, 0.1) is 13.7 Å². The van der Waals surface area contributed by atoms with E-state index in [9.17, 15) is 14.9 Å². The standard InChI is InChI=1S/C23H17IN4O3/c24-19-9-5-16(6-10-19)14-27-15-18(21-3-1-2-4-22(21)27)13-25-26-23(29)17-7-11-20(12-8-17)28(30)31/h1-13,15H,14H2,(H,26,29)/b25-13-. The van der Waals surface area contributed by atoms with Crippen LogP contribution in [0.15, 0.2) is 84.1 Å². The molecule has 0 saturated carbocycles. The second kappa shape index (κ2) is 9.09. The van der Waals surface area contributed by atoms with Crippen LogP contribution in [0.2, 0.25) is 0 Å². The molecule has 3 aromatic carbocycles. The molecular formula is C23H17IN4O3. The fraction of sp³-hybridized carbons (Fsp3) is 0.0435. The van der Waals surface area contributed by atoms with E-state index in [1.54, 1.807) is 6.21 Å². The van der Waals surface area contributed by atoms with E-state index in [0.29, 0.717) is 5.56 Å². The van der Waals surface area contributed by atoms with Gasteiger partial charge in [0, 0.05) is 50.5 Å². The Morgan fingerprint density at radius 3 is 2.48 bits per heavy atom. The molecule has 0 aliphatic rings. The molecule has 4 aromatic rings. The SMILES string of the molecule is O=C(N/N=C\c1cn(Cc2ccc(I)cc2)c2ccccc12)c1ccc([N+](=O)[O-])cc1. The van der Waals surface area contributed by atoms with Gasteiger partial charge in [-0.15, -0.1) is 0 Å². The summed E-state index contributed by atoms with van der Waals surface area (Å²) < 4.78 is 3.34. The smallest absolute Gasteiger partial charge is 0.271 e. The third-order valence-electron chi connectivity index (χ3n) is 4.80. The zero-order valence-corrected chi connectivity index (χ0v) is 18.4. The summed E-state index contributed by atoms with van der Waals surface area (Å²) in [6, 6.07) is 21.8. The van der Waals surface area contributed by atoms with Crippen LogP contribution in [0.5, 0.6) is 0 Å². The van der Waals surface area contributed by atoms with E-state index < -0.39 is 10.8 Å². The van der Waals surface area contributed by atoms with Crippen molar-refractivity contribution in [2.24, 2.45) is 5.10 Å². The number of hydrogen-bond donors (Lipinski definition) is 1. The van der Waals surface area contributed by atoms with Crippen LogP contribution in [-0.4, -0.2) is 21.6 Å². The summed E-state index contributed by atoms with van der Waals surface area (Å²) in [4.78, 5) is 22.5. The van der Waals surface area contributed by atoms with Crippen LogP contribution >= 0.6 is 22.6 Å². The minimum Gasteiger partial charge on any atom is -0.342 e. The molecule has 1 amide bonds. The number of nitrogens with one attached hydrogen (secondary N) is 1. The Labute approximate surface area is 191 Å². The third kappa shape index (κ3) is 4.80. The van der Waals surface area contributed by atoms with Crippen LogP contribution < -0.4 is 5.43 Å². The van der Waals surface area contributed by atoms with E-state index in [4.69, 9.17) is 0 Å². The number of carbonyl (C=O) groups excluding carboxylic acids is 1. The van der Waals surface area contributed by atoms with E-state index in [0.717, 1.165) is 23.0 Å². The Hall–Kier alpha value is -3.53. The molecule has 1 aromatic heterocycles. The molecule has 1 heterocycles. The maximum atomic E-state index is 12.3. The van der Waals surface area contributed by atoms with Crippen molar-refractivity contribution in [3.8, 4) is 0 Å². The molecule has 0 spiro atoms. The Morgan fingerprint density at radius 2 is 1.77 bits per heavy atom. The molecule has 4 rings (SSSR count). The normalized spacial score (nSPS) is 11.1. The summed E-state index contributed by atoms with van der Waals surface area (Å²) in [5.74, 6) is -0.436. The first-order chi connectivity index (χ1) is 15.0. The van der Waals surface area contributed by atoms with Gasteiger partial charge in [-0.3, -0.25) is 14.9 Å². The van der Waals surface area contributed by atoms with Gasteiger partial charge in [-0.05, 0) is 58.5 Å². The van der Waals surface area contributed by atoms with Gasteiger partial charge in [0.1, 0.15) is 0 Å². The van der Waals surface area contributed by atoms with Crippen LogP contribution in [0.4, 0.5) is 5.69 Å². The van der Waals surface area contributed by atoms with Gasteiger partial charge in [0.25, 0.3) is 11.6 Å². The van der Waals surface area contributed by atoms with Gasteiger partial charge in [0.2, 0.25) is 0 Å². The number of amides is 1. The highest BCUT2D eigenvalue weighted by Crippen LogP contribution is 2.21. The summed E-state index contributed by atoms with van der Waals surface area (Å²) in [7, 11) is 0. The van der Waals surface area contributed by atoms with Gasteiger partial charge in [-0.25, -0.2) is 5.43 Å². The minimum absolute atomic E-state index is 0.0685. The first-order valence-corrected chi connectivity index (χ1v) is 10.5. The van der Waals surface area contributed by atoms with Crippen LogP contribution in [0.3, 0.4) is 0 Å². The maximum absolute atomic E-state index is 12.3. The molecule has 0 aliphatic carbocycles. The Morgan fingerprint density at radius 1 is 1.06 bits per heavy atom. The predicted octanol–water partition coefficient (Wildman–Crippen LogP) is 4.97. The number of aromatic nitrogens is 1. The number of nitro groups is 1. The van der Waals surface area contributed by atoms with Crippen LogP contribution in [0.25, 0.3) is 10.9 Å². The second-order valence-electron chi connectivity index (χ2n) is 6.86. The molecule has 1 N–H and O–H groups in total. The first kappa shape index (κ1) is 20.7. The highest BCUT2D eigenvalue weighted by atomic mass is 127. The molecule has 31 heavy (non-hydrogen) atoms. The molecule has 0 atom stereocenters. The Balaban J connectivity index is 1.52. The summed E-state index contributed by atoms with van der Waals surface area (Å²) in [6.45, 7) is 0.723. The number of fused-ring (bicyclic) bond motifs is 1. The predicted molar refractivity (Wildman–Crippen MR) is 128 cm³/mol. The lowest BCUT2D eigenvalue weighted by molar-refractivity contribution is -0.384. The van der Waals surface area contributed by atoms with Crippen molar-refractivity contribution in [1.82, 2.24) is 9.99 Å². The molecule has 0 radical (unpaired) electrons. The van der Waals surface area contributed by atoms with Crippen LogP contribution in [0.1, 0.15) is 21.5 Å². The molecular weight excluding hydrogens is 507 g/mol. The van der Waals surface area contributed by atoms with E-state index in [-0.39, 0.29) is 5.69 Å². The van der Waals surface area contributed by atoms with Crippen molar-refractivity contribution < 1.29 is 9.72 Å². The number of carbonyl (C=O) groups is 1. The topological polar surface area (TPSA) is 89.5 Å². The average Bonchev–Trinajstić information content (AvgIpc) is 3.13. The fourth-order valence-electron chi connectivity index (χ4n) is 3.25. The number of hydrogen-bond acceptors (Lipinski definition) is 4. The Kier molecular flexibility index (Phi) is 6.08. The third-order valence-corrected chi connectivity index (χ3v) is 5.51. The number of benzene rings is 3. The number of halogens is 1. The lowest BCUT2D eigenvalue weighted by atomic mass is 10.2. The highest BCUT2D eigenvalue weighted by molar-refractivity contribution is 14.1. The number of nitrogens with zero attached hydrogens (tertiary/aromatic N) is 3. The van der Waals surface area contributed by atoms with Crippen molar-refractivity contribution in [3.05, 3.63) is 109 Å².